The molecule has 1 aliphatic heterocycles. The van der Waals surface area contributed by atoms with Gasteiger partial charge in [0.05, 0.1) is 6.04 Å². The van der Waals surface area contributed by atoms with Crippen molar-refractivity contribution in [3.05, 3.63) is 59.8 Å². The van der Waals surface area contributed by atoms with E-state index in [-0.39, 0.29) is 23.3 Å². The van der Waals surface area contributed by atoms with Gasteiger partial charge in [0.25, 0.3) is 5.91 Å². The van der Waals surface area contributed by atoms with Crippen LogP contribution in [-0.4, -0.2) is 94.6 Å². The molecule has 1 aromatic heterocycles. The topological polar surface area (TPSA) is 153 Å². The third kappa shape index (κ3) is 11.0. The van der Waals surface area contributed by atoms with Crippen LogP contribution in [0.5, 0.6) is 0 Å². The summed E-state index contributed by atoms with van der Waals surface area (Å²) in [5.41, 5.74) is 1.97. The number of likely N-dealkylation sites (tertiary alicyclic amines) is 1. The summed E-state index contributed by atoms with van der Waals surface area (Å²) >= 11 is 1.49. The minimum Gasteiger partial charge on any atom is -0.350 e. The fraction of sp³-hybridized carbons (Fsp3) is 0.579. The van der Waals surface area contributed by atoms with Crippen LogP contribution in [0.1, 0.15) is 77.8 Å². The van der Waals surface area contributed by atoms with Crippen molar-refractivity contribution in [1.82, 2.24) is 35.5 Å². The van der Waals surface area contributed by atoms with Gasteiger partial charge < -0.3 is 26.2 Å². The molecule has 1 fully saturated rings. The maximum absolute atomic E-state index is 14.5. The summed E-state index contributed by atoms with van der Waals surface area (Å²) < 4.78 is 2.03. The number of urea groups is 1. The third-order valence-corrected chi connectivity index (χ3v) is 10.6. The van der Waals surface area contributed by atoms with Gasteiger partial charge in [-0.1, -0.05) is 70.9 Å². The lowest BCUT2D eigenvalue weighted by Gasteiger charge is -2.36. The van der Waals surface area contributed by atoms with E-state index >= 15 is 0 Å². The first-order valence-electron chi connectivity index (χ1n) is 18.2. The number of ketones is 1. The Morgan fingerprint density at radius 1 is 0.980 bits per heavy atom. The van der Waals surface area contributed by atoms with Crippen molar-refractivity contribution in [3.8, 4) is 0 Å². The maximum Gasteiger partial charge on any atom is 0.315 e. The molecule has 1 saturated heterocycles. The highest BCUT2D eigenvalue weighted by molar-refractivity contribution is 7.96. The summed E-state index contributed by atoms with van der Waals surface area (Å²) in [5.74, 6) is -2.41. The molecular weight excluding hydrogens is 667 g/mol. The van der Waals surface area contributed by atoms with Gasteiger partial charge in [0.15, 0.2) is 0 Å². The lowest BCUT2D eigenvalue weighted by molar-refractivity contribution is -0.143. The lowest BCUT2D eigenvalue weighted by Crippen LogP contribution is -2.60. The number of hydrogen-bond acceptors (Lipinski definition) is 8. The van der Waals surface area contributed by atoms with Gasteiger partial charge in [0.1, 0.15) is 17.1 Å². The molecule has 51 heavy (non-hydrogen) atoms. The van der Waals surface area contributed by atoms with E-state index in [1.54, 1.807) is 18.0 Å². The Bertz CT molecular complexity index is 1490. The molecule has 2 heterocycles. The highest BCUT2D eigenvalue weighted by Gasteiger charge is 2.43. The molecule has 4 atom stereocenters. The van der Waals surface area contributed by atoms with Crippen molar-refractivity contribution in [3.63, 3.8) is 0 Å². The van der Waals surface area contributed by atoms with Crippen LogP contribution in [0, 0.1) is 11.3 Å². The number of rotatable bonds is 16. The predicted octanol–water partition coefficient (Wildman–Crippen LogP) is 3.89. The quantitative estimate of drug-likeness (QED) is 0.151. The summed E-state index contributed by atoms with van der Waals surface area (Å²) in [6, 6.07) is 10.4. The zero-order valence-electron chi connectivity index (χ0n) is 30.9. The van der Waals surface area contributed by atoms with E-state index < -0.39 is 41.8 Å². The monoisotopic (exact) mass is 721 g/mol. The van der Waals surface area contributed by atoms with Crippen LogP contribution in [0.3, 0.4) is 0 Å². The number of fused-ring (bicyclic) bond motifs is 1. The van der Waals surface area contributed by atoms with E-state index in [0.717, 1.165) is 22.6 Å². The van der Waals surface area contributed by atoms with Crippen molar-refractivity contribution < 1.29 is 24.0 Å². The first kappa shape index (κ1) is 39.8. The zero-order chi connectivity index (χ0) is 37.1. The standard InChI is InChI=1S/C38H55N7O5S/c1-7-9-17-28(33(46)35(48)39-8-2)41-34(47)29-18-14-21-45(29)36(49)32(27-22-25-15-10-11-16-26(25)23-27)43-37(50)42-30(38(3,4)5)24-44(6)51-31-19-12-13-20-40-31/h10-13,15-16,19-20,27-30,32H,7-9,14,17-18,21-24H2,1-6H3,(H,39,48)(H,41,47)(H2,42,43,50). The molecule has 1 aliphatic carbocycles. The summed E-state index contributed by atoms with van der Waals surface area (Å²) in [6.07, 6.45) is 5.76. The van der Waals surface area contributed by atoms with Crippen LogP contribution in [0.15, 0.2) is 53.7 Å². The maximum atomic E-state index is 14.5. The zero-order valence-corrected chi connectivity index (χ0v) is 31.7. The number of benzene rings is 1. The Morgan fingerprint density at radius 3 is 2.27 bits per heavy atom. The van der Waals surface area contributed by atoms with Crippen molar-refractivity contribution in [2.45, 2.75) is 109 Å². The summed E-state index contributed by atoms with van der Waals surface area (Å²) in [6.45, 7) is 11.1. The van der Waals surface area contributed by atoms with Gasteiger partial charge in [-0.3, -0.25) is 19.2 Å². The predicted molar refractivity (Wildman–Crippen MR) is 199 cm³/mol. The molecule has 0 spiro atoms. The van der Waals surface area contributed by atoms with Gasteiger partial charge in [-0.25, -0.2) is 14.1 Å². The molecule has 4 N–H and O–H groups in total. The Balaban J connectivity index is 1.52. The Hall–Kier alpha value is -3.97. The van der Waals surface area contributed by atoms with Crippen LogP contribution in [0.25, 0.3) is 0 Å². The Morgan fingerprint density at radius 2 is 1.67 bits per heavy atom. The average molecular weight is 722 g/mol. The fourth-order valence-corrected chi connectivity index (χ4v) is 7.57. The smallest absolute Gasteiger partial charge is 0.315 e. The third-order valence-electron chi connectivity index (χ3n) is 9.66. The van der Waals surface area contributed by atoms with Gasteiger partial charge in [-0.2, -0.15) is 0 Å². The number of pyridine rings is 1. The molecule has 13 heteroatoms. The van der Waals surface area contributed by atoms with Crippen molar-refractivity contribution in [2.75, 3.05) is 26.7 Å². The van der Waals surface area contributed by atoms with E-state index in [2.05, 4.69) is 59.2 Å². The van der Waals surface area contributed by atoms with E-state index in [1.807, 2.05) is 48.6 Å². The van der Waals surface area contributed by atoms with E-state index in [1.165, 1.54) is 11.9 Å². The normalized spacial score (nSPS) is 17.7. The van der Waals surface area contributed by atoms with Crippen LogP contribution in [0.4, 0.5) is 4.79 Å². The second-order valence-electron chi connectivity index (χ2n) is 14.6. The van der Waals surface area contributed by atoms with Crippen LogP contribution in [-0.2, 0) is 32.0 Å². The number of unbranched alkanes of at least 4 members (excludes halogenated alkanes) is 1. The second kappa shape index (κ2) is 18.5. The fourth-order valence-electron chi connectivity index (χ4n) is 6.77. The minimum absolute atomic E-state index is 0.211. The van der Waals surface area contributed by atoms with E-state index in [0.29, 0.717) is 58.2 Å². The molecule has 0 bridgehead atoms. The first-order chi connectivity index (χ1) is 24.3. The van der Waals surface area contributed by atoms with E-state index in [9.17, 15) is 24.0 Å². The number of Topliss-reactive ketones (excluding diaryl/α,β-unsaturated/α-hetero) is 1. The molecule has 2 aliphatic rings. The van der Waals surface area contributed by atoms with Gasteiger partial charge >= 0.3 is 6.03 Å². The summed E-state index contributed by atoms with van der Waals surface area (Å²) in [4.78, 5) is 73.5. The van der Waals surface area contributed by atoms with Crippen LogP contribution >= 0.6 is 11.9 Å². The molecule has 4 rings (SSSR count). The van der Waals surface area contributed by atoms with Gasteiger partial charge in [-0.15, -0.1) is 0 Å². The molecule has 5 amide bonds. The number of carbonyl (C=O) groups is 5. The number of nitrogens with one attached hydrogen (secondary N) is 4. The molecule has 278 valence electrons. The van der Waals surface area contributed by atoms with Crippen LogP contribution in [0.2, 0.25) is 0 Å². The van der Waals surface area contributed by atoms with Crippen molar-refractivity contribution in [2.24, 2.45) is 11.3 Å². The molecule has 4 unspecified atom stereocenters. The van der Waals surface area contributed by atoms with Gasteiger partial charge in [-0.05, 0) is 92.6 Å². The molecule has 2 aromatic rings. The summed E-state index contributed by atoms with van der Waals surface area (Å²) in [7, 11) is 1.95. The number of hydrogen-bond donors (Lipinski definition) is 4. The Kier molecular flexibility index (Phi) is 14.4. The number of nitrogens with zero attached hydrogens (tertiary/aromatic N) is 3. The lowest BCUT2D eigenvalue weighted by atomic mass is 9.86. The van der Waals surface area contributed by atoms with Crippen molar-refractivity contribution in [1.29, 1.82) is 0 Å². The highest BCUT2D eigenvalue weighted by Crippen LogP contribution is 2.31. The Labute approximate surface area is 306 Å². The second-order valence-corrected chi connectivity index (χ2v) is 15.9. The number of aromatic nitrogens is 1. The number of carbonyl (C=O) groups excluding carboxylic acids is 5. The van der Waals surface area contributed by atoms with Crippen LogP contribution < -0.4 is 21.3 Å². The van der Waals surface area contributed by atoms with Gasteiger partial charge in [0.2, 0.25) is 17.6 Å². The molecule has 0 saturated carbocycles. The molecular formula is C38H55N7O5S. The molecule has 12 nitrogen and oxygen atoms in total. The average Bonchev–Trinajstić information content (AvgIpc) is 3.76. The number of likely N-dealkylation sites (N-methyl/N-ethyl adjacent to an activating group) is 2. The largest absolute Gasteiger partial charge is 0.350 e. The first-order valence-corrected chi connectivity index (χ1v) is 19.0. The highest BCUT2D eigenvalue weighted by atomic mass is 32.2. The minimum atomic E-state index is -0.978. The molecule has 0 radical (unpaired) electrons. The number of amides is 5. The van der Waals surface area contributed by atoms with Gasteiger partial charge in [0, 0.05) is 31.9 Å². The molecule has 1 aromatic carbocycles. The van der Waals surface area contributed by atoms with Crippen molar-refractivity contribution >= 4 is 41.5 Å². The summed E-state index contributed by atoms with van der Waals surface area (Å²) in [5, 5.41) is 12.4. The van der Waals surface area contributed by atoms with E-state index in [4.69, 9.17) is 0 Å². The SMILES string of the molecule is CCCCC(NC(=O)C1CCCN1C(=O)C(NC(=O)NC(CN(C)Sc1ccccn1)C(C)(C)C)C1Cc2ccccc2C1)C(=O)C(=O)NCC.